The second-order valence-electron chi connectivity index (χ2n) is 4.90. The van der Waals surface area contributed by atoms with Crippen LogP contribution in [-0.4, -0.2) is 34.6 Å². The Morgan fingerprint density at radius 2 is 2.07 bits per heavy atom. The topological polar surface area (TPSA) is 40.5 Å². The molecule has 1 saturated carbocycles. The maximum absolute atomic E-state index is 11.1. The molecule has 0 bridgehead atoms. The number of rotatable bonds is 5. The quantitative estimate of drug-likeness (QED) is 0.736. The summed E-state index contributed by atoms with van der Waals surface area (Å²) in [5.74, 6) is -0.292. The number of nitrogens with zero attached hydrogens (tertiary/aromatic N) is 1. The van der Waals surface area contributed by atoms with Gasteiger partial charge in [0, 0.05) is 5.54 Å². The van der Waals surface area contributed by atoms with Crippen LogP contribution >= 0.6 is 0 Å². The van der Waals surface area contributed by atoms with Crippen LogP contribution in [0.4, 0.5) is 0 Å². The Kier molecular flexibility index (Phi) is 3.20. The molecule has 0 aliphatic heterocycles. The van der Waals surface area contributed by atoms with Crippen LogP contribution < -0.4 is 0 Å². The summed E-state index contributed by atoms with van der Waals surface area (Å²) in [6.07, 6.45) is 3.11. The molecule has 3 nitrogen and oxygen atoms in total. The van der Waals surface area contributed by atoms with E-state index in [2.05, 4.69) is 20.8 Å². The van der Waals surface area contributed by atoms with Crippen molar-refractivity contribution in [2.24, 2.45) is 5.92 Å². The molecule has 1 N–H and O–H groups in total. The van der Waals surface area contributed by atoms with Crippen LogP contribution in [0, 0.1) is 5.92 Å². The van der Waals surface area contributed by atoms with Gasteiger partial charge in [-0.05, 0) is 46.1 Å². The maximum atomic E-state index is 11.1. The lowest BCUT2D eigenvalue weighted by Gasteiger charge is -2.39. The highest BCUT2D eigenvalue weighted by atomic mass is 16.4. The molecule has 0 heterocycles. The number of likely N-dealkylation sites (N-methyl/N-ethyl adjacent to an activating group) is 1. The van der Waals surface area contributed by atoms with E-state index in [1.165, 1.54) is 0 Å². The molecule has 0 spiro atoms. The molecule has 0 aromatic carbocycles. The van der Waals surface area contributed by atoms with Crippen molar-refractivity contribution >= 4 is 5.97 Å². The van der Waals surface area contributed by atoms with Crippen LogP contribution in [0.3, 0.4) is 0 Å². The lowest BCUT2D eigenvalue weighted by molar-refractivity contribution is -0.146. The Morgan fingerprint density at radius 3 is 2.36 bits per heavy atom. The van der Waals surface area contributed by atoms with Gasteiger partial charge in [-0.15, -0.1) is 0 Å². The Labute approximate surface area is 86.1 Å². The number of hydrogen-bond donors (Lipinski definition) is 1. The van der Waals surface area contributed by atoms with Gasteiger partial charge in [0.25, 0.3) is 0 Å². The third kappa shape index (κ3) is 2.27. The van der Waals surface area contributed by atoms with E-state index in [9.17, 15) is 9.90 Å². The zero-order chi connectivity index (χ0) is 10.9. The van der Waals surface area contributed by atoms with E-state index in [-0.39, 0.29) is 11.6 Å². The average molecular weight is 199 g/mol. The number of carbonyl (C=O) groups is 1. The minimum absolute atomic E-state index is 0.0222. The van der Waals surface area contributed by atoms with Gasteiger partial charge < -0.3 is 5.11 Å². The molecular weight excluding hydrogens is 178 g/mol. The largest absolute Gasteiger partial charge is 0.480 e. The van der Waals surface area contributed by atoms with E-state index >= 15 is 0 Å². The number of carboxylic acid groups (broad SMARTS) is 1. The van der Waals surface area contributed by atoms with Crippen molar-refractivity contribution in [3.05, 3.63) is 0 Å². The first-order valence-corrected chi connectivity index (χ1v) is 5.36. The molecule has 0 aromatic rings. The molecule has 14 heavy (non-hydrogen) atoms. The fraction of sp³-hybridized carbons (Fsp3) is 0.909. The first-order valence-electron chi connectivity index (χ1n) is 5.36. The number of carboxylic acids is 1. The van der Waals surface area contributed by atoms with Gasteiger partial charge in [0.2, 0.25) is 0 Å². The van der Waals surface area contributed by atoms with E-state index in [0.29, 0.717) is 5.92 Å². The molecule has 0 saturated heterocycles. The summed E-state index contributed by atoms with van der Waals surface area (Å²) in [4.78, 5) is 13.2. The van der Waals surface area contributed by atoms with Crippen molar-refractivity contribution in [1.82, 2.24) is 4.90 Å². The van der Waals surface area contributed by atoms with Crippen molar-refractivity contribution in [3.8, 4) is 0 Å². The lowest BCUT2D eigenvalue weighted by Crippen LogP contribution is -2.51. The van der Waals surface area contributed by atoms with Crippen molar-refractivity contribution in [2.45, 2.75) is 51.6 Å². The molecule has 0 amide bonds. The Bertz CT molecular complexity index is 221. The van der Waals surface area contributed by atoms with Gasteiger partial charge in [-0.25, -0.2) is 0 Å². The summed E-state index contributed by atoms with van der Waals surface area (Å²) in [6, 6.07) is -0.287. The molecule has 1 atom stereocenters. The minimum atomic E-state index is -0.670. The van der Waals surface area contributed by atoms with E-state index in [1.807, 2.05) is 11.9 Å². The summed E-state index contributed by atoms with van der Waals surface area (Å²) in [6.45, 7) is 6.30. The standard InChI is InChI=1S/C11H21NO2/c1-5-11(2,3)12(4)9(10(13)14)8-6-7-8/h8-9H,5-7H2,1-4H3,(H,13,14). The van der Waals surface area contributed by atoms with Gasteiger partial charge in [0.1, 0.15) is 6.04 Å². The highest BCUT2D eigenvalue weighted by molar-refractivity contribution is 5.74. The summed E-state index contributed by atoms with van der Waals surface area (Å²) in [5, 5.41) is 9.17. The fourth-order valence-corrected chi connectivity index (χ4v) is 1.72. The third-order valence-corrected chi connectivity index (χ3v) is 3.56. The van der Waals surface area contributed by atoms with Crippen molar-refractivity contribution in [2.75, 3.05) is 7.05 Å². The second-order valence-corrected chi connectivity index (χ2v) is 4.90. The molecular formula is C11H21NO2. The Balaban J connectivity index is 2.72. The summed E-state index contributed by atoms with van der Waals surface area (Å²) >= 11 is 0. The van der Waals surface area contributed by atoms with Crippen molar-refractivity contribution in [3.63, 3.8) is 0 Å². The van der Waals surface area contributed by atoms with E-state index in [4.69, 9.17) is 0 Å². The van der Waals surface area contributed by atoms with Crippen molar-refractivity contribution < 1.29 is 9.90 Å². The van der Waals surface area contributed by atoms with Crippen LogP contribution in [0.15, 0.2) is 0 Å². The van der Waals surface area contributed by atoms with E-state index in [1.54, 1.807) is 0 Å². The van der Waals surface area contributed by atoms with Gasteiger partial charge in [-0.2, -0.15) is 0 Å². The second kappa shape index (κ2) is 3.89. The number of hydrogen-bond acceptors (Lipinski definition) is 2. The van der Waals surface area contributed by atoms with E-state index < -0.39 is 5.97 Å². The van der Waals surface area contributed by atoms with Gasteiger partial charge in [0.15, 0.2) is 0 Å². The lowest BCUT2D eigenvalue weighted by atomic mass is 9.96. The molecule has 1 aliphatic carbocycles. The Hall–Kier alpha value is -0.570. The highest BCUT2D eigenvalue weighted by Crippen LogP contribution is 2.37. The van der Waals surface area contributed by atoms with E-state index in [0.717, 1.165) is 19.3 Å². The predicted octanol–water partition coefficient (Wildman–Crippen LogP) is 1.97. The Morgan fingerprint density at radius 1 is 1.57 bits per heavy atom. The average Bonchev–Trinajstić information content (AvgIpc) is 2.88. The van der Waals surface area contributed by atoms with Crippen LogP contribution in [0.25, 0.3) is 0 Å². The monoisotopic (exact) mass is 199 g/mol. The molecule has 3 heteroatoms. The third-order valence-electron chi connectivity index (χ3n) is 3.56. The van der Waals surface area contributed by atoms with Crippen LogP contribution in [0.2, 0.25) is 0 Å². The van der Waals surface area contributed by atoms with Crippen molar-refractivity contribution in [1.29, 1.82) is 0 Å². The normalized spacial score (nSPS) is 19.8. The maximum Gasteiger partial charge on any atom is 0.321 e. The minimum Gasteiger partial charge on any atom is -0.480 e. The molecule has 1 unspecified atom stereocenters. The summed E-state index contributed by atoms with van der Waals surface area (Å²) in [5.41, 5.74) is -0.0222. The first-order chi connectivity index (χ1) is 6.40. The molecule has 82 valence electrons. The molecule has 0 aromatic heterocycles. The SMILES string of the molecule is CCC(C)(C)N(C)C(C(=O)O)C1CC1. The predicted molar refractivity (Wildman–Crippen MR) is 56.3 cm³/mol. The zero-order valence-corrected chi connectivity index (χ0v) is 9.58. The fourth-order valence-electron chi connectivity index (χ4n) is 1.72. The van der Waals surface area contributed by atoms with Crippen LogP contribution in [0.1, 0.15) is 40.0 Å². The molecule has 1 rings (SSSR count). The van der Waals surface area contributed by atoms with Gasteiger partial charge >= 0.3 is 5.97 Å². The molecule has 0 radical (unpaired) electrons. The van der Waals surface area contributed by atoms with Gasteiger partial charge in [0.05, 0.1) is 0 Å². The van der Waals surface area contributed by atoms with Gasteiger partial charge in [-0.3, -0.25) is 9.69 Å². The number of aliphatic carboxylic acids is 1. The first kappa shape index (κ1) is 11.5. The molecule has 1 aliphatic rings. The van der Waals surface area contributed by atoms with Crippen LogP contribution in [0.5, 0.6) is 0 Å². The summed E-state index contributed by atoms with van der Waals surface area (Å²) in [7, 11) is 1.93. The smallest absolute Gasteiger partial charge is 0.321 e. The van der Waals surface area contributed by atoms with Crippen LogP contribution in [-0.2, 0) is 4.79 Å². The van der Waals surface area contributed by atoms with Gasteiger partial charge in [-0.1, -0.05) is 6.92 Å². The highest BCUT2D eigenvalue weighted by Gasteiger charge is 2.42. The zero-order valence-electron chi connectivity index (χ0n) is 9.58. The summed E-state index contributed by atoms with van der Waals surface area (Å²) < 4.78 is 0. The molecule has 1 fully saturated rings.